The highest BCUT2D eigenvalue weighted by molar-refractivity contribution is 5.75. The van der Waals surface area contributed by atoms with Gasteiger partial charge in [-0.25, -0.2) is 5.06 Å². The monoisotopic (exact) mass is 311 g/mol. The molecule has 1 N–H and O–H groups in total. The molecular weight excluding hydrogens is 278 g/mol. The maximum absolute atomic E-state index is 12.4. The average Bonchev–Trinajstić information content (AvgIpc) is 2.40. The summed E-state index contributed by atoms with van der Waals surface area (Å²) < 4.78 is 0. The van der Waals surface area contributed by atoms with E-state index in [2.05, 4.69) is 20.8 Å². The number of carbonyl (C=O) groups excluding carboxylic acids is 1. The smallest absolute Gasteiger partial charge is 0.246 e. The molecule has 0 radical (unpaired) electrons. The number of aliphatic hydroxyl groups is 1. The molecule has 0 bridgehead atoms. The molecule has 2 fully saturated rings. The molecule has 128 valence electrons. The first-order valence-corrected chi connectivity index (χ1v) is 8.57. The summed E-state index contributed by atoms with van der Waals surface area (Å²) in [6.45, 7) is 8.93. The van der Waals surface area contributed by atoms with E-state index in [4.69, 9.17) is 4.84 Å². The lowest BCUT2D eigenvalue weighted by molar-refractivity contribution is -0.191. The van der Waals surface area contributed by atoms with Gasteiger partial charge in [-0.1, -0.05) is 27.2 Å². The summed E-state index contributed by atoms with van der Waals surface area (Å²) in [6, 6.07) is 0. The normalized spacial score (nSPS) is 40.9. The Labute approximate surface area is 135 Å². The fraction of sp³-hybridized carbons (Fsp3) is 0.944. The highest BCUT2D eigenvalue weighted by Gasteiger charge is 2.58. The molecule has 4 heteroatoms. The minimum atomic E-state index is -0.775. The minimum Gasteiger partial charge on any atom is -0.390 e. The number of amides is 1. The summed E-state index contributed by atoms with van der Waals surface area (Å²) in [5.74, 6) is 0.515. The fourth-order valence-corrected chi connectivity index (χ4v) is 5.48. The van der Waals surface area contributed by atoms with Crippen molar-refractivity contribution >= 4 is 5.91 Å². The zero-order chi connectivity index (χ0) is 16.8. The molecule has 2 rings (SSSR count). The second-order valence-corrected chi connectivity index (χ2v) is 8.63. The predicted molar refractivity (Wildman–Crippen MR) is 87.0 cm³/mol. The highest BCUT2D eigenvalue weighted by atomic mass is 16.7. The molecule has 0 heterocycles. The van der Waals surface area contributed by atoms with E-state index in [1.165, 1.54) is 25.0 Å². The third-order valence-electron chi connectivity index (χ3n) is 6.77. The van der Waals surface area contributed by atoms with Crippen molar-refractivity contribution in [2.75, 3.05) is 14.2 Å². The second-order valence-electron chi connectivity index (χ2n) is 8.63. The molecule has 2 saturated carbocycles. The predicted octanol–water partition coefficient (Wildman–Crippen LogP) is 3.39. The summed E-state index contributed by atoms with van der Waals surface area (Å²) in [7, 11) is 3.15. The lowest BCUT2D eigenvalue weighted by Crippen LogP contribution is -2.58. The molecule has 0 aromatic heterocycles. The third-order valence-corrected chi connectivity index (χ3v) is 6.77. The number of rotatable bonds is 3. The minimum absolute atomic E-state index is 0.0107. The van der Waals surface area contributed by atoms with Crippen molar-refractivity contribution < 1.29 is 14.7 Å². The van der Waals surface area contributed by atoms with Gasteiger partial charge in [-0.05, 0) is 49.4 Å². The topological polar surface area (TPSA) is 49.8 Å². The van der Waals surface area contributed by atoms with E-state index in [9.17, 15) is 9.90 Å². The van der Waals surface area contributed by atoms with Crippen LogP contribution in [0.1, 0.15) is 66.2 Å². The first-order valence-electron chi connectivity index (χ1n) is 8.57. The van der Waals surface area contributed by atoms with Crippen LogP contribution in [0.25, 0.3) is 0 Å². The lowest BCUT2D eigenvalue weighted by Gasteiger charge is -2.61. The molecule has 0 aromatic carbocycles. The quantitative estimate of drug-likeness (QED) is 0.813. The molecule has 4 atom stereocenters. The van der Waals surface area contributed by atoms with E-state index >= 15 is 0 Å². The van der Waals surface area contributed by atoms with Crippen LogP contribution in [0.15, 0.2) is 0 Å². The van der Waals surface area contributed by atoms with Gasteiger partial charge >= 0.3 is 0 Å². The lowest BCUT2D eigenvalue weighted by atomic mass is 9.45. The Morgan fingerprint density at radius 1 is 1.23 bits per heavy atom. The number of nitrogens with zero attached hydrogens (tertiary/aromatic N) is 1. The van der Waals surface area contributed by atoms with Crippen molar-refractivity contribution in [2.24, 2.45) is 22.7 Å². The Bertz CT molecular complexity index is 432. The van der Waals surface area contributed by atoms with Gasteiger partial charge in [0.2, 0.25) is 5.91 Å². The number of hydrogen-bond acceptors (Lipinski definition) is 3. The zero-order valence-corrected chi connectivity index (χ0v) is 15.1. The van der Waals surface area contributed by atoms with Crippen molar-refractivity contribution in [1.29, 1.82) is 0 Å². The Hall–Kier alpha value is -0.610. The van der Waals surface area contributed by atoms with Crippen molar-refractivity contribution in [3.05, 3.63) is 0 Å². The Morgan fingerprint density at radius 3 is 2.45 bits per heavy atom. The van der Waals surface area contributed by atoms with Crippen LogP contribution in [-0.2, 0) is 9.63 Å². The zero-order valence-electron chi connectivity index (χ0n) is 15.1. The van der Waals surface area contributed by atoms with Crippen LogP contribution in [0.2, 0.25) is 0 Å². The average molecular weight is 311 g/mol. The summed E-state index contributed by atoms with van der Waals surface area (Å²) >= 11 is 0. The van der Waals surface area contributed by atoms with Gasteiger partial charge in [0, 0.05) is 19.4 Å². The van der Waals surface area contributed by atoms with Crippen molar-refractivity contribution in [3.8, 4) is 0 Å². The van der Waals surface area contributed by atoms with Crippen molar-refractivity contribution in [1.82, 2.24) is 5.06 Å². The molecule has 2 aliphatic carbocycles. The van der Waals surface area contributed by atoms with E-state index in [-0.39, 0.29) is 22.7 Å². The van der Waals surface area contributed by atoms with Crippen LogP contribution >= 0.6 is 0 Å². The van der Waals surface area contributed by atoms with Crippen LogP contribution in [-0.4, -0.2) is 35.8 Å². The van der Waals surface area contributed by atoms with E-state index in [1.807, 2.05) is 6.92 Å². The standard InChI is InChI=1S/C18H33NO3/c1-16(2)9-7-10-17(3)13(16)8-11-18(4,21)14(17)12-15(20)19(5)22-6/h13-14,21H,7-12H2,1-6H3/t13-,14-,17-,18-/m0/s1. The van der Waals surface area contributed by atoms with Crippen LogP contribution in [0.5, 0.6) is 0 Å². The molecule has 4 nitrogen and oxygen atoms in total. The highest BCUT2D eigenvalue weighted by Crippen LogP contribution is 2.62. The second kappa shape index (κ2) is 5.79. The Kier molecular flexibility index (Phi) is 4.67. The summed E-state index contributed by atoms with van der Waals surface area (Å²) in [5.41, 5.74) is -0.464. The summed E-state index contributed by atoms with van der Waals surface area (Å²) in [6.07, 6.45) is 5.73. The first-order chi connectivity index (χ1) is 10.0. The maximum Gasteiger partial charge on any atom is 0.246 e. The van der Waals surface area contributed by atoms with Gasteiger partial charge in [0.15, 0.2) is 0 Å². The molecular formula is C18H33NO3. The molecule has 0 saturated heterocycles. The fourth-order valence-electron chi connectivity index (χ4n) is 5.48. The number of hydrogen-bond donors (Lipinski definition) is 1. The van der Waals surface area contributed by atoms with Crippen molar-refractivity contribution in [3.63, 3.8) is 0 Å². The van der Waals surface area contributed by atoms with E-state index in [0.717, 1.165) is 19.3 Å². The SMILES string of the molecule is CON(C)C(=O)C[C@H]1[C@@]2(C)CCCC(C)(C)[C@@H]2CC[C@]1(C)O. The Balaban J connectivity index is 2.32. The van der Waals surface area contributed by atoms with E-state index < -0.39 is 5.60 Å². The van der Waals surface area contributed by atoms with Gasteiger partial charge < -0.3 is 5.11 Å². The number of fused-ring (bicyclic) bond motifs is 1. The van der Waals surface area contributed by atoms with Crippen LogP contribution in [0, 0.1) is 22.7 Å². The van der Waals surface area contributed by atoms with Crippen LogP contribution in [0.3, 0.4) is 0 Å². The van der Waals surface area contributed by atoms with E-state index in [1.54, 1.807) is 7.05 Å². The number of hydroxylamine groups is 2. The van der Waals surface area contributed by atoms with Crippen LogP contribution in [0.4, 0.5) is 0 Å². The first kappa shape index (κ1) is 17.7. The van der Waals surface area contributed by atoms with Crippen molar-refractivity contribution in [2.45, 2.75) is 71.8 Å². The molecule has 2 aliphatic rings. The van der Waals surface area contributed by atoms with Gasteiger partial charge in [0.25, 0.3) is 0 Å². The van der Waals surface area contributed by atoms with Gasteiger partial charge in [-0.2, -0.15) is 0 Å². The number of carbonyl (C=O) groups is 1. The maximum atomic E-state index is 12.4. The van der Waals surface area contributed by atoms with Gasteiger partial charge in [0.1, 0.15) is 0 Å². The van der Waals surface area contributed by atoms with Gasteiger partial charge in [-0.3, -0.25) is 9.63 Å². The van der Waals surface area contributed by atoms with Gasteiger partial charge in [-0.15, -0.1) is 0 Å². The molecule has 1 amide bonds. The molecule has 0 spiro atoms. The summed E-state index contributed by atoms with van der Waals surface area (Å²) in [5, 5.41) is 12.3. The summed E-state index contributed by atoms with van der Waals surface area (Å²) in [4.78, 5) is 17.4. The largest absolute Gasteiger partial charge is 0.390 e. The third kappa shape index (κ3) is 2.92. The molecule has 22 heavy (non-hydrogen) atoms. The van der Waals surface area contributed by atoms with E-state index in [0.29, 0.717) is 12.3 Å². The molecule has 0 aliphatic heterocycles. The molecule has 0 aromatic rings. The molecule has 0 unspecified atom stereocenters. The van der Waals surface area contributed by atoms with Crippen LogP contribution < -0.4 is 0 Å². The Morgan fingerprint density at radius 2 is 1.86 bits per heavy atom. The van der Waals surface area contributed by atoms with Gasteiger partial charge in [0.05, 0.1) is 12.7 Å².